The van der Waals surface area contributed by atoms with E-state index in [1.165, 1.54) is 7.11 Å². The standard InChI is InChI=1S/C16H15N3O2/c1-21-16(20)15-11(5-4-6-12(15)17)9-19-10-18-13-7-2-3-8-14(13)19/h2-8,10H,9,17H2,1H3. The fraction of sp³-hybridized carbons (Fsp3) is 0.125. The number of esters is 1. The number of nitrogens with zero attached hydrogens (tertiary/aromatic N) is 2. The van der Waals surface area contributed by atoms with Crippen molar-refractivity contribution in [2.24, 2.45) is 0 Å². The zero-order chi connectivity index (χ0) is 14.8. The number of carbonyl (C=O) groups excluding carboxylic acids is 1. The molecule has 0 aliphatic rings. The number of nitrogens with two attached hydrogens (primary N) is 1. The van der Waals surface area contributed by atoms with Crippen molar-refractivity contribution in [2.45, 2.75) is 6.54 Å². The molecular weight excluding hydrogens is 266 g/mol. The number of nitrogen functional groups attached to an aromatic ring is 1. The molecule has 0 saturated heterocycles. The van der Waals surface area contributed by atoms with Crippen LogP contribution in [0, 0.1) is 0 Å². The maximum atomic E-state index is 11.9. The molecular formula is C16H15N3O2. The molecule has 0 fully saturated rings. The molecule has 0 radical (unpaired) electrons. The Kier molecular flexibility index (Phi) is 3.31. The maximum absolute atomic E-state index is 11.9. The SMILES string of the molecule is COC(=O)c1c(N)cccc1Cn1cnc2ccccc21. The summed E-state index contributed by atoms with van der Waals surface area (Å²) in [6, 6.07) is 13.2. The third-order valence-electron chi connectivity index (χ3n) is 3.44. The second-order valence-electron chi connectivity index (χ2n) is 4.73. The molecule has 1 aromatic heterocycles. The quantitative estimate of drug-likeness (QED) is 0.591. The third-order valence-corrected chi connectivity index (χ3v) is 3.44. The molecule has 5 heteroatoms. The number of carbonyl (C=O) groups is 1. The van der Waals surface area contributed by atoms with E-state index < -0.39 is 5.97 Å². The van der Waals surface area contributed by atoms with E-state index in [0.717, 1.165) is 16.6 Å². The first kappa shape index (κ1) is 13.2. The summed E-state index contributed by atoms with van der Waals surface area (Å²) in [6.07, 6.45) is 1.76. The monoisotopic (exact) mass is 281 g/mol. The Labute approximate surface area is 122 Å². The van der Waals surface area contributed by atoms with Gasteiger partial charge in [-0.25, -0.2) is 9.78 Å². The number of rotatable bonds is 3. The second-order valence-corrected chi connectivity index (χ2v) is 4.73. The lowest BCUT2D eigenvalue weighted by molar-refractivity contribution is 0.0600. The predicted octanol–water partition coefficient (Wildman–Crippen LogP) is 2.45. The molecule has 3 rings (SSSR count). The van der Waals surface area contributed by atoms with Crippen LogP contribution in [-0.4, -0.2) is 22.6 Å². The molecule has 2 aromatic carbocycles. The van der Waals surface area contributed by atoms with Crippen LogP contribution in [0.1, 0.15) is 15.9 Å². The molecule has 0 saturated carbocycles. The Morgan fingerprint density at radius 3 is 2.86 bits per heavy atom. The van der Waals surface area contributed by atoms with E-state index in [2.05, 4.69) is 4.98 Å². The van der Waals surface area contributed by atoms with E-state index >= 15 is 0 Å². The number of anilines is 1. The first-order chi connectivity index (χ1) is 10.2. The number of benzene rings is 2. The molecule has 5 nitrogen and oxygen atoms in total. The number of methoxy groups -OCH3 is 1. The molecule has 3 aromatic rings. The van der Waals surface area contributed by atoms with Crippen molar-refractivity contribution in [1.82, 2.24) is 9.55 Å². The summed E-state index contributed by atoms with van der Waals surface area (Å²) in [5, 5.41) is 0. The fourth-order valence-electron chi connectivity index (χ4n) is 2.42. The minimum Gasteiger partial charge on any atom is -0.465 e. The van der Waals surface area contributed by atoms with Gasteiger partial charge in [0, 0.05) is 5.69 Å². The van der Waals surface area contributed by atoms with E-state index in [-0.39, 0.29) is 0 Å². The van der Waals surface area contributed by atoms with Gasteiger partial charge in [-0.3, -0.25) is 0 Å². The number of hydrogen-bond acceptors (Lipinski definition) is 4. The van der Waals surface area contributed by atoms with Gasteiger partial charge in [-0.15, -0.1) is 0 Å². The Balaban J connectivity index is 2.06. The molecule has 21 heavy (non-hydrogen) atoms. The predicted molar refractivity (Wildman–Crippen MR) is 81.0 cm³/mol. The van der Waals surface area contributed by atoms with E-state index in [4.69, 9.17) is 10.5 Å². The van der Waals surface area contributed by atoms with Gasteiger partial charge in [-0.2, -0.15) is 0 Å². The molecule has 106 valence electrons. The highest BCUT2D eigenvalue weighted by atomic mass is 16.5. The van der Waals surface area contributed by atoms with Crippen LogP contribution in [0.15, 0.2) is 48.8 Å². The van der Waals surface area contributed by atoms with E-state index in [1.807, 2.05) is 41.0 Å². The number of para-hydroxylation sites is 2. The molecule has 0 aliphatic carbocycles. The average molecular weight is 281 g/mol. The highest BCUT2D eigenvalue weighted by molar-refractivity contribution is 5.96. The summed E-state index contributed by atoms with van der Waals surface area (Å²) >= 11 is 0. The summed E-state index contributed by atoms with van der Waals surface area (Å²) in [6.45, 7) is 0.510. The number of hydrogen-bond donors (Lipinski definition) is 1. The van der Waals surface area contributed by atoms with Gasteiger partial charge in [0.25, 0.3) is 0 Å². The van der Waals surface area contributed by atoms with E-state index in [9.17, 15) is 4.79 Å². The van der Waals surface area contributed by atoms with Crippen LogP contribution >= 0.6 is 0 Å². The van der Waals surface area contributed by atoms with Crippen LogP contribution in [0.2, 0.25) is 0 Å². The summed E-state index contributed by atoms with van der Waals surface area (Å²) < 4.78 is 6.80. The number of fused-ring (bicyclic) bond motifs is 1. The highest BCUT2D eigenvalue weighted by Crippen LogP contribution is 2.21. The molecule has 0 bridgehead atoms. The van der Waals surface area contributed by atoms with Crippen LogP contribution in [0.25, 0.3) is 11.0 Å². The summed E-state index contributed by atoms with van der Waals surface area (Å²) in [4.78, 5) is 16.3. The Bertz CT molecular complexity index is 808. The third kappa shape index (κ3) is 2.33. The lowest BCUT2D eigenvalue weighted by atomic mass is 10.1. The molecule has 0 spiro atoms. The van der Waals surface area contributed by atoms with Crippen LogP contribution in [0.3, 0.4) is 0 Å². The normalized spacial score (nSPS) is 10.7. The van der Waals surface area contributed by atoms with Crippen molar-refractivity contribution >= 4 is 22.7 Å². The Hall–Kier alpha value is -2.82. The highest BCUT2D eigenvalue weighted by Gasteiger charge is 2.16. The van der Waals surface area contributed by atoms with Gasteiger partial charge in [0.2, 0.25) is 0 Å². The molecule has 0 unspecified atom stereocenters. The van der Waals surface area contributed by atoms with Gasteiger partial charge in [-0.05, 0) is 23.8 Å². The summed E-state index contributed by atoms with van der Waals surface area (Å²) in [5.74, 6) is -0.424. The van der Waals surface area contributed by atoms with E-state index in [1.54, 1.807) is 12.4 Å². The van der Waals surface area contributed by atoms with E-state index in [0.29, 0.717) is 17.8 Å². The van der Waals surface area contributed by atoms with Crippen molar-refractivity contribution in [3.05, 3.63) is 59.9 Å². The minimum absolute atomic E-state index is 0.415. The molecule has 0 atom stereocenters. The molecule has 2 N–H and O–H groups in total. The summed E-state index contributed by atoms with van der Waals surface area (Å²) in [5.41, 5.74) is 9.49. The topological polar surface area (TPSA) is 70.1 Å². The van der Waals surface area contributed by atoms with Crippen molar-refractivity contribution in [3.63, 3.8) is 0 Å². The van der Waals surface area contributed by atoms with Crippen LogP contribution < -0.4 is 5.73 Å². The number of imidazole rings is 1. The number of aromatic nitrogens is 2. The van der Waals surface area contributed by atoms with Gasteiger partial charge in [0.05, 0.1) is 36.6 Å². The zero-order valence-electron chi connectivity index (χ0n) is 11.6. The van der Waals surface area contributed by atoms with Gasteiger partial charge in [0.1, 0.15) is 0 Å². The lowest BCUT2D eigenvalue weighted by Crippen LogP contribution is -2.11. The van der Waals surface area contributed by atoms with Crippen molar-refractivity contribution in [3.8, 4) is 0 Å². The largest absolute Gasteiger partial charge is 0.465 e. The smallest absolute Gasteiger partial charge is 0.340 e. The van der Waals surface area contributed by atoms with Crippen molar-refractivity contribution < 1.29 is 9.53 Å². The van der Waals surface area contributed by atoms with Gasteiger partial charge < -0.3 is 15.0 Å². The minimum atomic E-state index is -0.424. The maximum Gasteiger partial charge on any atom is 0.340 e. The number of ether oxygens (including phenoxy) is 1. The van der Waals surface area contributed by atoms with Crippen molar-refractivity contribution in [1.29, 1.82) is 0 Å². The first-order valence-electron chi connectivity index (χ1n) is 6.56. The van der Waals surface area contributed by atoms with Crippen LogP contribution in [-0.2, 0) is 11.3 Å². The zero-order valence-corrected chi connectivity index (χ0v) is 11.6. The van der Waals surface area contributed by atoms with Crippen LogP contribution in [0.4, 0.5) is 5.69 Å². The first-order valence-corrected chi connectivity index (χ1v) is 6.56. The molecule has 0 amide bonds. The Morgan fingerprint density at radius 2 is 2.05 bits per heavy atom. The lowest BCUT2D eigenvalue weighted by Gasteiger charge is -2.11. The van der Waals surface area contributed by atoms with Gasteiger partial charge in [0.15, 0.2) is 0 Å². The summed E-state index contributed by atoms with van der Waals surface area (Å²) in [7, 11) is 1.35. The fourth-order valence-corrected chi connectivity index (χ4v) is 2.42. The van der Waals surface area contributed by atoms with Crippen molar-refractivity contribution in [2.75, 3.05) is 12.8 Å². The molecule has 0 aliphatic heterocycles. The Morgan fingerprint density at radius 1 is 1.24 bits per heavy atom. The second kappa shape index (κ2) is 5.28. The molecule has 1 heterocycles. The average Bonchev–Trinajstić information content (AvgIpc) is 2.90. The van der Waals surface area contributed by atoms with Gasteiger partial charge >= 0.3 is 5.97 Å². The van der Waals surface area contributed by atoms with Crippen LogP contribution in [0.5, 0.6) is 0 Å². The van der Waals surface area contributed by atoms with Gasteiger partial charge in [-0.1, -0.05) is 24.3 Å².